The molecule has 0 bridgehead atoms. The molecule has 21 heavy (non-hydrogen) atoms. The Bertz CT molecular complexity index is 896. The van der Waals surface area contributed by atoms with E-state index in [0.29, 0.717) is 23.4 Å². The third kappa shape index (κ3) is 2.55. The van der Waals surface area contributed by atoms with Crippen LogP contribution in [0, 0.1) is 0 Å². The maximum absolute atomic E-state index is 11.8. The summed E-state index contributed by atoms with van der Waals surface area (Å²) in [5, 5.41) is 0. The van der Waals surface area contributed by atoms with Crippen molar-refractivity contribution in [3.8, 4) is 11.4 Å². The van der Waals surface area contributed by atoms with Gasteiger partial charge >= 0.3 is 0 Å². The Morgan fingerprint density at radius 3 is 2.48 bits per heavy atom. The molecule has 0 atom stereocenters. The van der Waals surface area contributed by atoms with Crippen LogP contribution in [0.3, 0.4) is 0 Å². The smallest absolute Gasteiger partial charge is 0.177 e. The number of nitrogens with two attached hydrogens (primary N) is 1. The zero-order chi connectivity index (χ0) is 15.0. The summed E-state index contributed by atoms with van der Waals surface area (Å²) in [6, 6.07) is 12.8. The van der Waals surface area contributed by atoms with Gasteiger partial charge in [-0.3, -0.25) is 0 Å². The third-order valence-corrected chi connectivity index (χ3v) is 4.47. The van der Waals surface area contributed by atoms with Gasteiger partial charge in [0.05, 0.1) is 10.4 Å². The first-order valence-corrected chi connectivity index (χ1v) is 8.36. The summed E-state index contributed by atoms with van der Waals surface area (Å²) < 4.78 is 23.6. The highest BCUT2D eigenvalue weighted by atomic mass is 32.2. The lowest BCUT2D eigenvalue weighted by Crippen LogP contribution is -1.97. The van der Waals surface area contributed by atoms with E-state index in [-0.39, 0.29) is 4.90 Å². The number of hydrogen-bond acceptors (Lipinski definition) is 4. The maximum atomic E-state index is 11.8. The van der Waals surface area contributed by atoms with Crippen molar-refractivity contribution in [2.24, 2.45) is 5.73 Å². The zero-order valence-corrected chi connectivity index (χ0v) is 12.3. The molecule has 6 heteroatoms. The molecule has 3 N–H and O–H groups in total. The lowest BCUT2D eigenvalue weighted by Gasteiger charge is -1.99. The van der Waals surface area contributed by atoms with Crippen LogP contribution in [0.1, 0.15) is 5.56 Å². The van der Waals surface area contributed by atoms with Gasteiger partial charge in [-0.25, -0.2) is 13.4 Å². The van der Waals surface area contributed by atoms with E-state index in [4.69, 9.17) is 5.73 Å². The number of imidazole rings is 1. The second kappa shape index (κ2) is 4.98. The van der Waals surface area contributed by atoms with Crippen LogP contribution in [0.25, 0.3) is 22.4 Å². The van der Waals surface area contributed by atoms with Gasteiger partial charge in [0.2, 0.25) is 0 Å². The standard InChI is InChI=1S/C15H15N3O2S/c1-21(19,20)13-4-2-3-12-14(13)18-15(17-12)11-7-5-10(9-16)6-8-11/h2-8H,9,16H2,1H3,(H,17,18). The second-order valence-corrected chi connectivity index (χ2v) is 6.90. The van der Waals surface area contributed by atoms with Gasteiger partial charge in [0, 0.05) is 18.4 Å². The molecule has 0 saturated carbocycles. The minimum absolute atomic E-state index is 0.237. The Hall–Kier alpha value is -2.18. The van der Waals surface area contributed by atoms with Crippen molar-refractivity contribution in [2.75, 3.05) is 6.26 Å². The number of rotatable bonds is 3. The molecule has 0 aliphatic rings. The monoisotopic (exact) mass is 301 g/mol. The van der Waals surface area contributed by atoms with Crippen molar-refractivity contribution < 1.29 is 8.42 Å². The summed E-state index contributed by atoms with van der Waals surface area (Å²) in [6.07, 6.45) is 1.19. The van der Waals surface area contributed by atoms with Crippen molar-refractivity contribution >= 4 is 20.9 Å². The van der Waals surface area contributed by atoms with Crippen molar-refractivity contribution in [3.63, 3.8) is 0 Å². The summed E-state index contributed by atoms with van der Waals surface area (Å²) in [7, 11) is -3.31. The molecule has 3 rings (SSSR count). The first kappa shape index (κ1) is 13.8. The number of para-hydroxylation sites is 1. The molecule has 5 nitrogen and oxygen atoms in total. The lowest BCUT2D eigenvalue weighted by atomic mass is 10.1. The molecule has 108 valence electrons. The average Bonchev–Trinajstić information content (AvgIpc) is 2.90. The number of hydrogen-bond donors (Lipinski definition) is 2. The molecular formula is C15H15N3O2S. The van der Waals surface area contributed by atoms with E-state index in [1.165, 1.54) is 6.26 Å². The third-order valence-electron chi connectivity index (χ3n) is 3.34. The quantitative estimate of drug-likeness (QED) is 0.775. The summed E-state index contributed by atoms with van der Waals surface area (Å²) in [4.78, 5) is 7.83. The topological polar surface area (TPSA) is 88.8 Å². The fraction of sp³-hybridized carbons (Fsp3) is 0.133. The average molecular weight is 301 g/mol. The fourth-order valence-electron chi connectivity index (χ4n) is 2.24. The van der Waals surface area contributed by atoms with Gasteiger partial charge in [-0.2, -0.15) is 0 Å². The molecule has 0 spiro atoms. The molecule has 0 amide bonds. The van der Waals surface area contributed by atoms with Gasteiger partial charge in [-0.15, -0.1) is 0 Å². The molecular weight excluding hydrogens is 286 g/mol. The minimum Gasteiger partial charge on any atom is -0.338 e. The van der Waals surface area contributed by atoms with E-state index in [0.717, 1.165) is 11.1 Å². The number of sulfone groups is 1. The molecule has 0 fully saturated rings. The number of H-pyrrole nitrogens is 1. The Kier molecular flexibility index (Phi) is 3.27. The van der Waals surface area contributed by atoms with Gasteiger partial charge in [-0.1, -0.05) is 30.3 Å². The van der Waals surface area contributed by atoms with Crippen LogP contribution in [0.5, 0.6) is 0 Å². The number of fused-ring (bicyclic) bond motifs is 1. The lowest BCUT2D eigenvalue weighted by molar-refractivity contribution is 0.602. The van der Waals surface area contributed by atoms with Gasteiger partial charge < -0.3 is 10.7 Å². The fourth-order valence-corrected chi connectivity index (χ4v) is 3.07. The van der Waals surface area contributed by atoms with Crippen molar-refractivity contribution in [1.82, 2.24) is 9.97 Å². The molecule has 0 aliphatic heterocycles. The van der Waals surface area contributed by atoms with Gasteiger partial charge in [0.25, 0.3) is 0 Å². The number of benzene rings is 2. The van der Waals surface area contributed by atoms with Crippen molar-refractivity contribution in [2.45, 2.75) is 11.4 Å². The molecule has 2 aromatic carbocycles. The van der Waals surface area contributed by atoms with Crippen LogP contribution in [0.2, 0.25) is 0 Å². The first-order chi connectivity index (χ1) is 9.99. The SMILES string of the molecule is CS(=O)(=O)c1cccc2[nH]c(-c3ccc(CN)cc3)nc12. The van der Waals surface area contributed by atoms with E-state index < -0.39 is 9.84 Å². The van der Waals surface area contributed by atoms with E-state index in [9.17, 15) is 8.42 Å². The summed E-state index contributed by atoms with van der Waals surface area (Å²) in [6.45, 7) is 0.485. The maximum Gasteiger partial charge on any atom is 0.177 e. The highest BCUT2D eigenvalue weighted by molar-refractivity contribution is 7.91. The molecule has 3 aromatic rings. The van der Waals surface area contributed by atoms with Crippen LogP contribution in [0.15, 0.2) is 47.4 Å². The van der Waals surface area contributed by atoms with E-state index in [2.05, 4.69) is 9.97 Å². The molecule has 0 radical (unpaired) electrons. The Morgan fingerprint density at radius 1 is 1.14 bits per heavy atom. The van der Waals surface area contributed by atoms with Crippen LogP contribution in [-0.4, -0.2) is 24.6 Å². The predicted octanol–water partition coefficient (Wildman–Crippen LogP) is 2.09. The number of nitrogens with zero attached hydrogens (tertiary/aromatic N) is 1. The zero-order valence-electron chi connectivity index (χ0n) is 11.5. The largest absolute Gasteiger partial charge is 0.338 e. The molecule has 0 unspecified atom stereocenters. The Balaban J connectivity index is 2.17. The number of aromatic amines is 1. The van der Waals surface area contributed by atoms with Gasteiger partial charge in [-0.05, 0) is 17.7 Å². The minimum atomic E-state index is -3.31. The van der Waals surface area contributed by atoms with Crippen LogP contribution >= 0.6 is 0 Å². The summed E-state index contributed by atoms with van der Waals surface area (Å²) in [5.41, 5.74) is 8.68. The highest BCUT2D eigenvalue weighted by Crippen LogP contribution is 2.25. The first-order valence-electron chi connectivity index (χ1n) is 6.47. The van der Waals surface area contributed by atoms with E-state index in [1.54, 1.807) is 12.1 Å². The molecule has 1 heterocycles. The Morgan fingerprint density at radius 2 is 1.86 bits per heavy atom. The van der Waals surface area contributed by atoms with Crippen LogP contribution in [-0.2, 0) is 16.4 Å². The number of aromatic nitrogens is 2. The molecule has 0 saturated heterocycles. The summed E-state index contributed by atoms with van der Waals surface area (Å²) in [5.74, 6) is 0.643. The van der Waals surface area contributed by atoms with Crippen molar-refractivity contribution in [3.05, 3.63) is 48.0 Å². The van der Waals surface area contributed by atoms with Crippen molar-refractivity contribution in [1.29, 1.82) is 0 Å². The molecule has 1 aromatic heterocycles. The van der Waals surface area contributed by atoms with Crippen LogP contribution in [0.4, 0.5) is 0 Å². The molecule has 0 aliphatic carbocycles. The summed E-state index contributed by atoms with van der Waals surface area (Å²) >= 11 is 0. The Labute approximate surface area is 122 Å². The van der Waals surface area contributed by atoms with E-state index in [1.807, 2.05) is 30.3 Å². The normalized spacial score (nSPS) is 11.9. The highest BCUT2D eigenvalue weighted by Gasteiger charge is 2.15. The number of nitrogens with one attached hydrogen (secondary N) is 1. The predicted molar refractivity (Wildman–Crippen MR) is 82.5 cm³/mol. The van der Waals surface area contributed by atoms with Crippen LogP contribution < -0.4 is 5.73 Å². The van der Waals surface area contributed by atoms with Gasteiger partial charge in [0.15, 0.2) is 9.84 Å². The second-order valence-electron chi connectivity index (χ2n) is 4.91. The van der Waals surface area contributed by atoms with E-state index >= 15 is 0 Å². The van der Waals surface area contributed by atoms with Gasteiger partial charge in [0.1, 0.15) is 11.3 Å².